The number of anilines is 3. The number of piperidine rings is 1. The van der Waals surface area contributed by atoms with E-state index < -0.39 is 17.8 Å². The summed E-state index contributed by atoms with van der Waals surface area (Å²) in [4.78, 5) is 14.4. The zero-order chi connectivity index (χ0) is 22.6. The lowest BCUT2D eigenvalue weighted by Gasteiger charge is -2.27. The van der Waals surface area contributed by atoms with Gasteiger partial charge in [0.2, 0.25) is 0 Å². The van der Waals surface area contributed by atoms with Gasteiger partial charge in [-0.05, 0) is 67.8 Å². The zero-order valence-corrected chi connectivity index (χ0v) is 17.2. The highest BCUT2D eigenvalue weighted by Crippen LogP contribution is 2.30. The van der Waals surface area contributed by atoms with E-state index in [0.717, 1.165) is 42.3 Å². The van der Waals surface area contributed by atoms with E-state index >= 15 is 0 Å². The van der Waals surface area contributed by atoms with Crippen LogP contribution in [-0.4, -0.2) is 29.3 Å². The number of carbonyl (C=O) groups excluding carboxylic acids is 1. The van der Waals surface area contributed by atoms with Crippen LogP contribution in [0.1, 0.15) is 24.8 Å². The van der Waals surface area contributed by atoms with Crippen molar-refractivity contribution in [1.29, 1.82) is 0 Å². The molecule has 0 atom stereocenters. The summed E-state index contributed by atoms with van der Waals surface area (Å²) < 4.78 is 37.9. The summed E-state index contributed by atoms with van der Waals surface area (Å²) in [6.07, 6.45) is -0.819. The third-order valence-corrected chi connectivity index (χ3v) is 5.24. The second-order valence-corrected chi connectivity index (χ2v) is 7.56. The van der Waals surface area contributed by atoms with Gasteiger partial charge in [0, 0.05) is 30.0 Å². The van der Waals surface area contributed by atoms with Crippen LogP contribution >= 0.6 is 0 Å². The second-order valence-electron chi connectivity index (χ2n) is 7.56. The van der Waals surface area contributed by atoms with Crippen molar-refractivity contribution >= 4 is 23.2 Å². The summed E-state index contributed by atoms with van der Waals surface area (Å²) >= 11 is 0. The number of hydrogen-bond acceptors (Lipinski definition) is 4. The van der Waals surface area contributed by atoms with Crippen molar-refractivity contribution in [2.45, 2.75) is 25.4 Å². The van der Waals surface area contributed by atoms with Crippen molar-refractivity contribution in [3.05, 3.63) is 66.2 Å². The van der Waals surface area contributed by atoms with Gasteiger partial charge in [-0.25, -0.2) is 4.79 Å². The number of amides is 2. The molecule has 166 valence electrons. The molecule has 1 fully saturated rings. The van der Waals surface area contributed by atoms with Crippen LogP contribution in [0.5, 0.6) is 0 Å². The fourth-order valence-electron chi connectivity index (χ4n) is 3.53. The van der Waals surface area contributed by atoms with Gasteiger partial charge in [0.05, 0.1) is 11.3 Å². The molecule has 9 heteroatoms. The Morgan fingerprint density at radius 1 is 0.781 bits per heavy atom. The molecule has 2 heterocycles. The van der Waals surface area contributed by atoms with Crippen LogP contribution in [-0.2, 0) is 6.18 Å². The first-order valence-corrected chi connectivity index (χ1v) is 10.3. The number of benzene rings is 2. The lowest BCUT2D eigenvalue weighted by atomic mass is 10.1. The van der Waals surface area contributed by atoms with Crippen LogP contribution in [0.2, 0.25) is 0 Å². The average Bonchev–Trinajstić information content (AvgIpc) is 2.80. The quantitative estimate of drug-likeness (QED) is 0.537. The molecule has 0 saturated carbocycles. The molecule has 6 nitrogen and oxygen atoms in total. The van der Waals surface area contributed by atoms with E-state index in [-0.39, 0.29) is 5.69 Å². The summed E-state index contributed by atoms with van der Waals surface area (Å²) in [6.45, 7) is 2.01. The van der Waals surface area contributed by atoms with Crippen molar-refractivity contribution in [2.75, 3.05) is 28.6 Å². The van der Waals surface area contributed by atoms with Gasteiger partial charge < -0.3 is 15.5 Å². The first-order chi connectivity index (χ1) is 15.4. The molecule has 1 aromatic heterocycles. The molecule has 32 heavy (non-hydrogen) atoms. The Morgan fingerprint density at radius 2 is 1.38 bits per heavy atom. The Bertz CT molecular complexity index is 1040. The highest BCUT2D eigenvalue weighted by atomic mass is 19.4. The summed E-state index contributed by atoms with van der Waals surface area (Å²) in [5.41, 5.74) is 1.61. The van der Waals surface area contributed by atoms with Crippen molar-refractivity contribution < 1.29 is 18.0 Å². The van der Waals surface area contributed by atoms with Crippen LogP contribution in [0.3, 0.4) is 0 Å². The average molecular weight is 441 g/mol. The maximum atomic E-state index is 12.6. The first kappa shape index (κ1) is 21.6. The zero-order valence-electron chi connectivity index (χ0n) is 17.2. The Labute approximate surface area is 183 Å². The van der Waals surface area contributed by atoms with E-state index in [1.54, 1.807) is 12.1 Å². The van der Waals surface area contributed by atoms with Gasteiger partial charge in [-0.3, -0.25) is 0 Å². The summed E-state index contributed by atoms with van der Waals surface area (Å²) in [6, 6.07) is 14.7. The fourth-order valence-corrected chi connectivity index (χ4v) is 3.53. The standard InChI is InChI=1S/C23H22F3N5O/c24-23(25,26)17-6-10-19(11-7-17)28-22(32)27-18-8-4-16(5-9-18)20-12-13-21(30-29-20)31-14-2-1-3-15-31/h4-13H,1-3,14-15H2,(H2,27,28,32). The number of halogens is 3. The lowest BCUT2D eigenvalue weighted by molar-refractivity contribution is -0.137. The number of nitrogens with one attached hydrogen (secondary N) is 2. The molecular weight excluding hydrogens is 419 g/mol. The number of carbonyl (C=O) groups is 1. The van der Waals surface area contributed by atoms with E-state index in [1.165, 1.54) is 31.4 Å². The molecule has 0 aliphatic carbocycles. The van der Waals surface area contributed by atoms with Crippen LogP contribution in [0.15, 0.2) is 60.7 Å². The molecule has 4 rings (SSSR count). The van der Waals surface area contributed by atoms with Crippen LogP contribution in [0, 0.1) is 0 Å². The fraction of sp³-hybridized carbons (Fsp3) is 0.261. The molecule has 1 aliphatic heterocycles. The molecule has 0 bridgehead atoms. The highest BCUT2D eigenvalue weighted by Gasteiger charge is 2.30. The second kappa shape index (κ2) is 9.25. The molecule has 0 spiro atoms. The molecule has 2 amide bonds. The SMILES string of the molecule is O=C(Nc1ccc(-c2ccc(N3CCCCC3)nn2)cc1)Nc1ccc(C(F)(F)F)cc1. The molecule has 1 aliphatic rings. The van der Waals surface area contributed by atoms with Gasteiger partial charge in [-0.1, -0.05) is 12.1 Å². The first-order valence-electron chi connectivity index (χ1n) is 10.3. The summed E-state index contributed by atoms with van der Waals surface area (Å²) in [5, 5.41) is 13.8. The Morgan fingerprint density at radius 3 is 1.91 bits per heavy atom. The Balaban J connectivity index is 1.34. The number of hydrogen-bond donors (Lipinski definition) is 2. The smallest absolute Gasteiger partial charge is 0.355 e. The maximum Gasteiger partial charge on any atom is 0.416 e. The molecule has 0 unspecified atom stereocenters. The lowest BCUT2D eigenvalue weighted by Crippen LogP contribution is -2.30. The van der Waals surface area contributed by atoms with Crippen molar-refractivity contribution in [3.63, 3.8) is 0 Å². The van der Waals surface area contributed by atoms with E-state index in [0.29, 0.717) is 5.69 Å². The number of aromatic nitrogens is 2. The monoisotopic (exact) mass is 441 g/mol. The molecular formula is C23H22F3N5O. The van der Waals surface area contributed by atoms with Gasteiger partial charge in [0.15, 0.2) is 5.82 Å². The molecule has 0 radical (unpaired) electrons. The molecule has 1 saturated heterocycles. The van der Waals surface area contributed by atoms with Gasteiger partial charge in [-0.15, -0.1) is 10.2 Å². The predicted octanol–water partition coefficient (Wildman–Crippen LogP) is 5.80. The van der Waals surface area contributed by atoms with Gasteiger partial charge in [0.1, 0.15) is 0 Å². The molecule has 2 N–H and O–H groups in total. The molecule has 3 aromatic rings. The number of nitrogens with zero attached hydrogens (tertiary/aromatic N) is 3. The van der Waals surface area contributed by atoms with Crippen LogP contribution in [0.4, 0.5) is 35.2 Å². The number of rotatable bonds is 4. The van der Waals surface area contributed by atoms with E-state index in [9.17, 15) is 18.0 Å². The topological polar surface area (TPSA) is 70.2 Å². The maximum absolute atomic E-state index is 12.6. The number of urea groups is 1. The molecule has 2 aromatic carbocycles. The van der Waals surface area contributed by atoms with Crippen molar-refractivity contribution in [1.82, 2.24) is 10.2 Å². The highest BCUT2D eigenvalue weighted by molar-refractivity contribution is 5.99. The summed E-state index contributed by atoms with van der Waals surface area (Å²) in [5.74, 6) is 0.881. The minimum Gasteiger partial charge on any atom is -0.355 e. The third-order valence-electron chi connectivity index (χ3n) is 5.24. The normalized spacial score (nSPS) is 14.2. The van der Waals surface area contributed by atoms with Gasteiger partial charge >= 0.3 is 12.2 Å². The minimum absolute atomic E-state index is 0.260. The van der Waals surface area contributed by atoms with Crippen LogP contribution < -0.4 is 15.5 Å². The van der Waals surface area contributed by atoms with E-state index in [1.807, 2.05) is 24.3 Å². The van der Waals surface area contributed by atoms with E-state index in [2.05, 4.69) is 25.7 Å². The minimum atomic E-state index is -4.42. The number of alkyl halides is 3. The third kappa shape index (κ3) is 5.35. The van der Waals surface area contributed by atoms with Gasteiger partial charge in [0.25, 0.3) is 0 Å². The van der Waals surface area contributed by atoms with Crippen LogP contribution in [0.25, 0.3) is 11.3 Å². The summed E-state index contributed by atoms with van der Waals surface area (Å²) in [7, 11) is 0. The van der Waals surface area contributed by atoms with E-state index in [4.69, 9.17) is 0 Å². The Kier molecular flexibility index (Phi) is 6.25. The van der Waals surface area contributed by atoms with Gasteiger partial charge in [-0.2, -0.15) is 13.2 Å². The largest absolute Gasteiger partial charge is 0.416 e. The van der Waals surface area contributed by atoms with Crippen molar-refractivity contribution in [2.24, 2.45) is 0 Å². The predicted molar refractivity (Wildman–Crippen MR) is 118 cm³/mol. The van der Waals surface area contributed by atoms with Crippen molar-refractivity contribution in [3.8, 4) is 11.3 Å². The Hall–Kier alpha value is -3.62.